The molecule has 0 radical (unpaired) electrons. The highest BCUT2D eigenvalue weighted by atomic mass is 35.5. The quantitative estimate of drug-likeness (QED) is 0.631. The fourth-order valence-corrected chi connectivity index (χ4v) is 1.86. The maximum Gasteiger partial charge on any atom is 0.389 e. The molecule has 96 valence electrons. The Kier molecular flexibility index (Phi) is 5.24. The lowest BCUT2D eigenvalue weighted by molar-refractivity contribution is -0.135. The van der Waals surface area contributed by atoms with Gasteiger partial charge in [0.1, 0.15) is 0 Å². The first-order chi connectivity index (χ1) is 7.94. The number of nitrogens with two attached hydrogens (primary N) is 1. The van der Waals surface area contributed by atoms with Gasteiger partial charge in [0.2, 0.25) is 0 Å². The molecule has 0 saturated carbocycles. The smallest absolute Gasteiger partial charge is 0.271 e. The molecule has 0 amide bonds. The van der Waals surface area contributed by atoms with Gasteiger partial charge in [0, 0.05) is 17.5 Å². The maximum atomic E-state index is 12.0. The van der Waals surface area contributed by atoms with E-state index in [1.807, 2.05) is 0 Å². The van der Waals surface area contributed by atoms with Crippen LogP contribution in [0.4, 0.5) is 13.2 Å². The average Bonchev–Trinajstić information content (AvgIpc) is 2.24. The van der Waals surface area contributed by atoms with E-state index < -0.39 is 12.6 Å². The summed E-state index contributed by atoms with van der Waals surface area (Å²) in [6, 6.07) is 6.61. The Morgan fingerprint density at radius 1 is 1.29 bits per heavy atom. The Bertz CT molecular complexity index is 355. The molecule has 0 bridgehead atoms. The van der Waals surface area contributed by atoms with E-state index in [0.29, 0.717) is 11.4 Å². The van der Waals surface area contributed by atoms with E-state index in [1.165, 1.54) is 0 Å². The fraction of sp³-hybridized carbons (Fsp3) is 0.455. The molecular formula is C11H14ClF3N2. The molecule has 2 nitrogen and oxygen atoms in total. The van der Waals surface area contributed by atoms with Crippen LogP contribution in [-0.4, -0.2) is 6.18 Å². The normalized spacial score (nSPS) is 13.7. The summed E-state index contributed by atoms with van der Waals surface area (Å²) in [5.74, 6) is 5.33. The molecule has 17 heavy (non-hydrogen) atoms. The van der Waals surface area contributed by atoms with Crippen molar-refractivity contribution in [1.82, 2.24) is 5.43 Å². The van der Waals surface area contributed by atoms with Crippen LogP contribution in [0.15, 0.2) is 24.3 Å². The first-order valence-corrected chi connectivity index (χ1v) is 5.59. The maximum absolute atomic E-state index is 12.0. The number of rotatable bonds is 5. The third kappa shape index (κ3) is 4.93. The minimum atomic E-state index is -4.13. The predicted octanol–water partition coefficient (Wildman–Crippen LogP) is 3.58. The second-order valence-corrected chi connectivity index (χ2v) is 4.16. The van der Waals surface area contributed by atoms with Crippen molar-refractivity contribution in [3.05, 3.63) is 34.9 Å². The summed E-state index contributed by atoms with van der Waals surface area (Å²) in [7, 11) is 0. The second kappa shape index (κ2) is 6.23. The van der Waals surface area contributed by atoms with Crippen LogP contribution >= 0.6 is 11.6 Å². The van der Waals surface area contributed by atoms with Crippen molar-refractivity contribution in [3.8, 4) is 0 Å². The molecule has 1 unspecified atom stereocenters. The number of halogens is 4. The van der Waals surface area contributed by atoms with Gasteiger partial charge in [0.05, 0.1) is 0 Å². The Morgan fingerprint density at radius 2 is 1.94 bits per heavy atom. The summed E-state index contributed by atoms with van der Waals surface area (Å²) in [5, 5.41) is 0.502. The highest BCUT2D eigenvalue weighted by Gasteiger charge is 2.27. The van der Waals surface area contributed by atoms with Gasteiger partial charge in [-0.15, -0.1) is 0 Å². The number of hydrazine groups is 1. The summed E-state index contributed by atoms with van der Waals surface area (Å²) in [6.07, 6.45) is -4.63. The predicted molar refractivity (Wildman–Crippen MR) is 61.4 cm³/mol. The van der Waals surface area contributed by atoms with Gasteiger partial charge in [0.25, 0.3) is 0 Å². The lowest BCUT2D eigenvalue weighted by Crippen LogP contribution is -2.28. The van der Waals surface area contributed by atoms with E-state index in [0.717, 1.165) is 5.56 Å². The number of nitrogens with one attached hydrogen (secondary N) is 1. The number of benzene rings is 1. The van der Waals surface area contributed by atoms with Gasteiger partial charge in [-0.2, -0.15) is 13.2 Å². The molecule has 0 aliphatic carbocycles. The minimum Gasteiger partial charge on any atom is -0.271 e. The standard InChI is InChI=1S/C11H14ClF3N2/c12-9-5-2-1-4-8(9)10(17-16)6-3-7-11(13,14)15/h1-2,4-5,10,17H,3,6-7,16H2. The fourth-order valence-electron chi connectivity index (χ4n) is 1.59. The molecule has 1 rings (SSSR count). The summed E-state index contributed by atoms with van der Waals surface area (Å²) in [4.78, 5) is 0. The van der Waals surface area contributed by atoms with Crippen LogP contribution < -0.4 is 11.3 Å². The van der Waals surface area contributed by atoms with E-state index in [4.69, 9.17) is 17.4 Å². The molecule has 3 N–H and O–H groups in total. The SMILES string of the molecule is NNC(CCCC(F)(F)F)c1ccccc1Cl. The van der Waals surface area contributed by atoms with Gasteiger partial charge in [-0.3, -0.25) is 11.3 Å². The van der Waals surface area contributed by atoms with Gasteiger partial charge in [-0.05, 0) is 24.5 Å². The molecule has 0 spiro atoms. The summed E-state index contributed by atoms with van der Waals surface area (Å²) >= 11 is 5.95. The van der Waals surface area contributed by atoms with Crippen LogP contribution in [-0.2, 0) is 0 Å². The average molecular weight is 267 g/mol. The largest absolute Gasteiger partial charge is 0.389 e. The van der Waals surface area contributed by atoms with Crippen LogP contribution in [0, 0.1) is 0 Å². The summed E-state index contributed by atoms with van der Waals surface area (Å²) in [5.41, 5.74) is 3.21. The topological polar surface area (TPSA) is 38.0 Å². The zero-order chi connectivity index (χ0) is 12.9. The second-order valence-electron chi connectivity index (χ2n) is 3.75. The summed E-state index contributed by atoms with van der Waals surface area (Å²) < 4.78 is 36.0. The molecule has 0 heterocycles. The third-order valence-corrected chi connectivity index (χ3v) is 2.78. The zero-order valence-electron chi connectivity index (χ0n) is 9.10. The molecule has 1 atom stereocenters. The Balaban J connectivity index is 2.58. The van der Waals surface area contributed by atoms with Crippen molar-refractivity contribution in [3.63, 3.8) is 0 Å². The molecule has 0 aliphatic heterocycles. The van der Waals surface area contributed by atoms with E-state index >= 15 is 0 Å². The Labute approximate surface area is 103 Å². The Morgan fingerprint density at radius 3 is 2.47 bits per heavy atom. The highest BCUT2D eigenvalue weighted by molar-refractivity contribution is 6.31. The van der Waals surface area contributed by atoms with Crippen molar-refractivity contribution < 1.29 is 13.2 Å². The molecule has 0 aromatic heterocycles. The van der Waals surface area contributed by atoms with Crippen LogP contribution in [0.2, 0.25) is 5.02 Å². The van der Waals surface area contributed by atoms with Gasteiger partial charge in [-0.25, -0.2) is 0 Å². The molecule has 0 fully saturated rings. The first-order valence-electron chi connectivity index (χ1n) is 5.21. The van der Waals surface area contributed by atoms with E-state index in [-0.39, 0.29) is 12.5 Å². The minimum absolute atomic E-state index is 0.0175. The van der Waals surface area contributed by atoms with Crippen LogP contribution in [0.25, 0.3) is 0 Å². The zero-order valence-corrected chi connectivity index (χ0v) is 9.85. The van der Waals surface area contributed by atoms with Crippen LogP contribution in [0.3, 0.4) is 0 Å². The van der Waals surface area contributed by atoms with Crippen molar-refractivity contribution in [2.75, 3.05) is 0 Å². The lowest BCUT2D eigenvalue weighted by atomic mass is 10.0. The van der Waals surface area contributed by atoms with Crippen LogP contribution in [0.1, 0.15) is 30.9 Å². The van der Waals surface area contributed by atoms with E-state index in [2.05, 4.69) is 5.43 Å². The highest BCUT2D eigenvalue weighted by Crippen LogP contribution is 2.28. The van der Waals surface area contributed by atoms with Crippen LogP contribution in [0.5, 0.6) is 0 Å². The van der Waals surface area contributed by atoms with Crippen molar-refractivity contribution in [2.24, 2.45) is 5.84 Å². The molecule has 6 heteroatoms. The monoisotopic (exact) mass is 266 g/mol. The van der Waals surface area contributed by atoms with E-state index in [9.17, 15) is 13.2 Å². The van der Waals surface area contributed by atoms with Gasteiger partial charge >= 0.3 is 6.18 Å². The number of hydrogen-bond acceptors (Lipinski definition) is 2. The van der Waals surface area contributed by atoms with Crippen molar-refractivity contribution >= 4 is 11.6 Å². The first kappa shape index (κ1) is 14.3. The molecular weight excluding hydrogens is 253 g/mol. The Hall–Kier alpha value is -0.780. The van der Waals surface area contributed by atoms with Gasteiger partial charge < -0.3 is 0 Å². The van der Waals surface area contributed by atoms with Gasteiger partial charge in [-0.1, -0.05) is 29.8 Å². The third-order valence-electron chi connectivity index (χ3n) is 2.43. The molecule has 0 aliphatic rings. The number of alkyl halides is 3. The molecule has 1 aromatic rings. The van der Waals surface area contributed by atoms with E-state index in [1.54, 1.807) is 24.3 Å². The van der Waals surface area contributed by atoms with Crippen molar-refractivity contribution in [2.45, 2.75) is 31.5 Å². The van der Waals surface area contributed by atoms with Crippen molar-refractivity contribution in [1.29, 1.82) is 0 Å². The van der Waals surface area contributed by atoms with Gasteiger partial charge in [0.15, 0.2) is 0 Å². The lowest BCUT2D eigenvalue weighted by Gasteiger charge is -2.17. The molecule has 1 aromatic carbocycles. The molecule has 0 saturated heterocycles. The number of hydrogen-bond donors (Lipinski definition) is 2. The summed E-state index contributed by atoms with van der Waals surface area (Å²) in [6.45, 7) is 0.